The van der Waals surface area contributed by atoms with Gasteiger partial charge in [0.05, 0.1) is 18.0 Å². The van der Waals surface area contributed by atoms with Gasteiger partial charge in [-0.15, -0.1) is 0 Å². The number of ether oxygens (including phenoxy) is 2. The maximum Gasteiger partial charge on any atom is 0.261 e. The van der Waals surface area contributed by atoms with Gasteiger partial charge in [-0.3, -0.25) is 14.2 Å². The van der Waals surface area contributed by atoms with Crippen molar-refractivity contribution in [3.05, 3.63) is 111 Å². The lowest BCUT2D eigenvalue weighted by Gasteiger charge is -2.17. The van der Waals surface area contributed by atoms with Crippen LogP contribution in [0.5, 0.6) is 5.75 Å². The highest BCUT2D eigenvalue weighted by Gasteiger charge is 2.17. The number of aryl methyl sites for hydroxylation is 2. The van der Waals surface area contributed by atoms with Crippen LogP contribution in [0.1, 0.15) is 48.5 Å². The number of carbonyl (C=O) groups excluding carboxylic acids is 1. The Bertz CT molecular complexity index is 1610. The molecule has 1 aromatic heterocycles. The first-order chi connectivity index (χ1) is 20.9. The van der Waals surface area contributed by atoms with Crippen molar-refractivity contribution in [2.24, 2.45) is 5.16 Å². The molecule has 4 rings (SSSR count). The SMILES string of the molecule is CCCc1nc(C)n(-c2ccc(OC(C)COC)cc2)c(=O)c1Cc1ccc(-c2ccccc2/C(=N/OC)NC=O)cc1. The molecule has 3 aromatic carbocycles. The number of aromatic nitrogens is 2. The average molecular weight is 583 g/mol. The molecule has 1 unspecified atom stereocenters. The predicted octanol–water partition coefficient (Wildman–Crippen LogP) is 5.22. The quantitative estimate of drug-likeness (QED) is 0.100. The van der Waals surface area contributed by atoms with Crippen LogP contribution in [0.15, 0.2) is 82.7 Å². The number of oxime groups is 1. The highest BCUT2D eigenvalue weighted by Crippen LogP contribution is 2.26. The van der Waals surface area contributed by atoms with Crippen LogP contribution in [-0.2, 0) is 27.2 Å². The molecule has 0 saturated carbocycles. The van der Waals surface area contributed by atoms with Gasteiger partial charge in [0, 0.05) is 24.7 Å². The molecule has 224 valence electrons. The van der Waals surface area contributed by atoms with E-state index in [2.05, 4.69) is 17.4 Å². The van der Waals surface area contributed by atoms with Gasteiger partial charge in [-0.05, 0) is 61.2 Å². The number of hydrogen-bond acceptors (Lipinski definition) is 7. The molecule has 1 atom stereocenters. The predicted molar refractivity (Wildman–Crippen MR) is 168 cm³/mol. The third kappa shape index (κ3) is 7.55. The Morgan fingerprint density at radius 2 is 1.77 bits per heavy atom. The smallest absolute Gasteiger partial charge is 0.261 e. The van der Waals surface area contributed by atoms with Crippen molar-refractivity contribution in [2.75, 3.05) is 20.8 Å². The molecule has 0 bridgehead atoms. The minimum absolute atomic E-state index is 0.0767. The lowest BCUT2D eigenvalue weighted by atomic mass is 9.96. The first-order valence-corrected chi connectivity index (χ1v) is 14.3. The summed E-state index contributed by atoms with van der Waals surface area (Å²) in [5.41, 5.74) is 5.69. The highest BCUT2D eigenvalue weighted by atomic mass is 16.6. The molecule has 9 heteroatoms. The molecule has 0 radical (unpaired) electrons. The Balaban J connectivity index is 1.66. The lowest BCUT2D eigenvalue weighted by molar-refractivity contribution is -0.108. The maximum absolute atomic E-state index is 14.0. The largest absolute Gasteiger partial charge is 0.488 e. The molecule has 1 N–H and O–H groups in total. The maximum atomic E-state index is 14.0. The van der Waals surface area contributed by atoms with E-state index < -0.39 is 0 Å². The van der Waals surface area contributed by atoms with Crippen LogP contribution in [0.3, 0.4) is 0 Å². The summed E-state index contributed by atoms with van der Waals surface area (Å²) in [6.07, 6.45) is 2.52. The van der Waals surface area contributed by atoms with E-state index in [1.165, 1.54) is 7.11 Å². The van der Waals surface area contributed by atoms with Gasteiger partial charge >= 0.3 is 0 Å². The number of nitrogens with one attached hydrogen (secondary N) is 1. The standard InChI is InChI=1S/C34H38N4O5/c1-6-9-32-31(34(40)38(24(3)36-32)27-16-18-28(19-17-27)43-23(2)21-41-4)20-25-12-14-26(15-13-25)29-10-7-8-11-30(29)33(35-22-39)37-42-5/h7-8,10-19,22-23H,6,9,20-21H2,1-5H3,(H,35,37,39). The molecule has 1 heterocycles. The molecule has 0 fully saturated rings. The summed E-state index contributed by atoms with van der Waals surface area (Å²) in [7, 11) is 3.07. The molecule has 9 nitrogen and oxygen atoms in total. The number of amidine groups is 1. The monoisotopic (exact) mass is 582 g/mol. The first kappa shape index (κ1) is 31.2. The molecule has 0 spiro atoms. The topological polar surface area (TPSA) is 104 Å². The van der Waals surface area contributed by atoms with Crippen LogP contribution in [0.2, 0.25) is 0 Å². The zero-order chi connectivity index (χ0) is 30.8. The summed E-state index contributed by atoms with van der Waals surface area (Å²) in [6, 6.07) is 23.1. The molecular formula is C34H38N4O5. The lowest BCUT2D eigenvalue weighted by Crippen LogP contribution is -2.28. The minimum Gasteiger partial charge on any atom is -0.488 e. The second kappa shape index (κ2) is 14.9. The van der Waals surface area contributed by atoms with Crippen molar-refractivity contribution in [3.63, 3.8) is 0 Å². The fraction of sp³-hybridized carbons (Fsp3) is 0.294. The molecule has 0 aliphatic heterocycles. The Hall–Kier alpha value is -4.76. The summed E-state index contributed by atoms with van der Waals surface area (Å²) in [5.74, 6) is 1.67. The summed E-state index contributed by atoms with van der Waals surface area (Å²) in [6.45, 7) is 6.38. The van der Waals surface area contributed by atoms with Crippen molar-refractivity contribution in [3.8, 4) is 22.6 Å². The molecule has 0 aliphatic carbocycles. The zero-order valence-electron chi connectivity index (χ0n) is 25.3. The Morgan fingerprint density at radius 3 is 2.42 bits per heavy atom. The van der Waals surface area contributed by atoms with Gasteiger partial charge < -0.3 is 19.6 Å². The Morgan fingerprint density at radius 1 is 1.05 bits per heavy atom. The molecule has 4 aromatic rings. The molecule has 0 saturated heterocycles. The summed E-state index contributed by atoms with van der Waals surface area (Å²) in [4.78, 5) is 34.9. The van der Waals surface area contributed by atoms with E-state index in [9.17, 15) is 9.59 Å². The zero-order valence-corrected chi connectivity index (χ0v) is 25.3. The first-order valence-electron chi connectivity index (χ1n) is 14.3. The summed E-state index contributed by atoms with van der Waals surface area (Å²) in [5, 5.41) is 6.57. The normalized spacial score (nSPS) is 12.1. The van der Waals surface area contributed by atoms with Crippen LogP contribution in [0.4, 0.5) is 0 Å². The number of methoxy groups -OCH3 is 1. The van der Waals surface area contributed by atoms with Gasteiger partial charge in [0.2, 0.25) is 6.41 Å². The van der Waals surface area contributed by atoms with E-state index in [1.807, 2.05) is 86.6 Å². The second-order valence-electron chi connectivity index (χ2n) is 10.2. The Labute approximate surface area is 252 Å². The second-order valence-corrected chi connectivity index (χ2v) is 10.2. The van der Waals surface area contributed by atoms with Crippen molar-refractivity contribution in [2.45, 2.75) is 46.1 Å². The van der Waals surface area contributed by atoms with Crippen LogP contribution in [0, 0.1) is 6.92 Å². The van der Waals surface area contributed by atoms with Gasteiger partial charge in [0.15, 0.2) is 5.84 Å². The Kier molecular flexibility index (Phi) is 10.8. The third-order valence-corrected chi connectivity index (χ3v) is 6.96. The van der Waals surface area contributed by atoms with E-state index >= 15 is 0 Å². The van der Waals surface area contributed by atoms with E-state index in [0.717, 1.165) is 40.1 Å². The minimum atomic E-state index is -0.0877. The fourth-order valence-electron chi connectivity index (χ4n) is 5.07. The van der Waals surface area contributed by atoms with Crippen LogP contribution in [-0.4, -0.2) is 48.7 Å². The van der Waals surface area contributed by atoms with Crippen LogP contribution < -0.4 is 15.6 Å². The van der Waals surface area contributed by atoms with E-state index in [1.54, 1.807) is 11.7 Å². The van der Waals surface area contributed by atoms with Crippen molar-refractivity contribution >= 4 is 12.2 Å². The molecule has 1 amide bonds. The van der Waals surface area contributed by atoms with Crippen LogP contribution in [0.25, 0.3) is 16.8 Å². The number of hydrogen-bond donors (Lipinski definition) is 1. The van der Waals surface area contributed by atoms with Gasteiger partial charge in [0.25, 0.3) is 5.56 Å². The summed E-state index contributed by atoms with van der Waals surface area (Å²) < 4.78 is 12.7. The van der Waals surface area contributed by atoms with Crippen molar-refractivity contribution in [1.29, 1.82) is 0 Å². The van der Waals surface area contributed by atoms with Gasteiger partial charge in [-0.2, -0.15) is 0 Å². The van der Waals surface area contributed by atoms with Gasteiger partial charge in [-0.25, -0.2) is 4.98 Å². The van der Waals surface area contributed by atoms with E-state index in [-0.39, 0.29) is 11.7 Å². The molecular weight excluding hydrogens is 544 g/mol. The van der Waals surface area contributed by atoms with E-state index in [0.29, 0.717) is 48.8 Å². The highest BCUT2D eigenvalue weighted by molar-refractivity contribution is 6.08. The van der Waals surface area contributed by atoms with Gasteiger partial charge in [-0.1, -0.05) is 67.0 Å². The number of amides is 1. The third-order valence-electron chi connectivity index (χ3n) is 6.96. The average Bonchev–Trinajstić information content (AvgIpc) is 3.00. The van der Waals surface area contributed by atoms with Crippen molar-refractivity contribution < 1.29 is 19.1 Å². The molecule has 0 aliphatic rings. The number of carbonyl (C=O) groups is 1. The van der Waals surface area contributed by atoms with E-state index in [4.69, 9.17) is 19.3 Å². The van der Waals surface area contributed by atoms with Gasteiger partial charge in [0.1, 0.15) is 24.8 Å². The summed E-state index contributed by atoms with van der Waals surface area (Å²) >= 11 is 0. The number of benzene rings is 3. The van der Waals surface area contributed by atoms with Crippen molar-refractivity contribution in [1.82, 2.24) is 14.9 Å². The fourth-order valence-corrected chi connectivity index (χ4v) is 5.07. The van der Waals surface area contributed by atoms with Crippen LogP contribution >= 0.6 is 0 Å². The number of nitrogens with zero attached hydrogens (tertiary/aromatic N) is 3. The molecule has 43 heavy (non-hydrogen) atoms. The number of rotatable bonds is 13.